The minimum atomic E-state index is -0.413. The average molecular weight is 312 g/mol. The van der Waals surface area contributed by atoms with Crippen LogP contribution < -0.4 is 5.32 Å². The monoisotopic (exact) mass is 311 g/mol. The Morgan fingerprint density at radius 2 is 2.11 bits per heavy atom. The van der Waals surface area contributed by atoms with E-state index in [4.69, 9.17) is 4.74 Å². The van der Waals surface area contributed by atoms with Gasteiger partial charge < -0.3 is 10.1 Å². The Morgan fingerprint density at radius 3 is 2.61 bits per heavy atom. The largest absolute Gasteiger partial charge is 0.464 e. The molecular formula is C14H18BrNO2. The highest BCUT2D eigenvalue weighted by Gasteiger charge is 2.24. The van der Waals surface area contributed by atoms with Gasteiger partial charge in [0.2, 0.25) is 0 Å². The molecule has 1 aromatic carbocycles. The number of nitrogens with one attached hydrogen (secondary N) is 1. The van der Waals surface area contributed by atoms with E-state index in [1.54, 1.807) is 13.0 Å². The normalized spacial score (nSPS) is 13.5. The van der Waals surface area contributed by atoms with Gasteiger partial charge in [-0.05, 0) is 31.2 Å². The number of halogens is 1. The second-order valence-electron chi connectivity index (χ2n) is 3.98. The quantitative estimate of drug-likeness (QED) is 0.644. The molecule has 0 radical (unpaired) electrons. The van der Waals surface area contributed by atoms with E-state index in [9.17, 15) is 4.79 Å². The van der Waals surface area contributed by atoms with Gasteiger partial charge in [0.05, 0.1) is 6.61 Å². The van der Waals surface area contributed by atoms with Crippen molar-refractivity contribution < 1.29 is 9.53 Å². The van der Waals surface area contributed by atoms with E-state index < -0.39 is 6.04 Å². The van der Waals surface area contributed by atoms with Crippen molar-refractivity contribution in [1.82, 2.24) is 0 Å². The number of rotatable bonds is 6. The summed E-state index contributed by atoms with van der Waals surface area (Å²) in [6.45, 7) is 7.83. The third kappa shape index (κ3) is 4.18. The molecule has 0 bridgehead atoms. The summed E-state index contributed by atoms with van der Waals surface area (Å²) in [4.78, 5) is 11.9. The maximum atomic E-state index is 11.9. The summed E-state index contributed by atoms with van der Waals surface area (Å²) in [6, 6.07) is 7.24. The first-order valence-electron chi connectivity index (χ1n) is 5.89. The smallest absolute Gasteiger partial charge is 0.329 e. The highest BCUT2D eigenvalue weighted by Crippen LogP contribution is 2.18. The fraction of sp³-hybridized carbons (Fsp3) is 0.357. The number of ether oxygens (including phenoxy) is 1. The van der Waals surface area contributed by atoms with Crippen molar-refractivity contribution in [2.24, 2.45) is 5.92 Å². The van der Waals surface area contributed by atoms with E-state index in [1.807, 2.05) is 31.2 Å². The molecule has 0 aliphatic rings. The van der Waals surface area contributed by atoms with Crippen molar-refractivity contribution >= 4 is 27.6 Å². The molecule has 0 fully saturated rings. The lowest BCUT2D eigenvalue weighted by Crippen LogP contribution is -2.36. The molecule has 0 saturated heterocycles. The Hall–Kier alpha value is -1.29. The summed E-state index contributed by atoms with van der Waals surface area (Å²) in [6.07, 6.45) is 1.74. The molecule has 98 valence electrons. The number of anilines is 1. The van der Waals surface area contributed by atoms with E-state index in [-0.39, 0.29) is 11.9 Å². The van der Waals surface area contributed by atoms with Crippen molar-refractivity contribution in [3.8, 4) is 0 Å². The van der Waals surface area contributed by atoms with Gasteiger partial charge in [0.25, 0.3) is 0 Å². The zero-order valence-corrected chi connectivity index (χ0v) is 12.2. The minimum absolute atomic E-state index is 0.00676. The van der Waals surface area contributed by atoms with Gasteiger partial charge in [0.1, 0.15) is 6.04 Å². The van der Waals surface area contributed by atoms with Crippen molar-refractivity contribution in [1.29, 1.82) is 0 Å². The fourth-order valence-electron chi connectivity index (χ4n) is 1.50. The van der Waals surface area contributed by atoms with Crippen LogP contribution in [0.3, 0.4) is 0 Å². The van der Waals surface area contributed by atoms with Gasteiger partial charge in [0.15, 0.2) is 0 Å². The number of hydrogen-bond acceptors (Lipinski definition) is 3. The first-order chi connectivity index (χ1) is 8.58. The third-order valence-corrected chi connectivity index (χ3v) is 3.13. The number of hydrogen-bond donors (Lipinski definition) is 1. The van der Waals surface area contributed by atoms with Gasteiger partial charge >= 0.3 is 5.97 Å². The molecule has 0 saturated carbocycles. The Balaban J connectivity index is 2.80. The SMILES string of the molecule is C=C[C@H](C)[C@@H](Nc1ccc(Br)cc1)C(=O)OCC. The first kappa shape index (κ1) is 14.8. The van der Waals surface area contributed by atoms with Crippen LogP contribution in [0.25, 0.3) is 0 Å². The summed E-state index contributed by atoms with van der Waals surface area (Å²) < 4.78 is 6.06. The van der Waals surface area contributed by atoms with Crippen LogP contribution in [0.1, 0.15) is 13.8 Å². The molecule has 0 amide bonds. The van der Waals surface area contributed by atoms with Crippen molar-refractivity contribution in [3.63, 3.8) is 0 Å². The highest BCUT2D eigenvalue weighted by molar-refractivity contribution is 9.10. The molecule has 0 unspecified atom stereocenters. The third-order valence-electron chi connectivity index (χ3n) is 2.60. The molecule has 1 rings (SSSR count). The van der Waals surface area contributed by atoms with Crippen LogP contribution >= 0.6 is 15.9 Å². The lowest BCUT2D eigenvalue weighted by Gasteiger charge is -2.22. The van der Waals surface area contributed by atoms with E-state index in [0.29, 0.717) is 6.61 Å². The summed E-state index contributed by atoms with van der Waals surface area (Å²) in [5.41, 5.74) is 0.880. The second-order valence-corrected chi connectivity index (χ2v) is 4.89. The average Bonchev–Trinajstić information content (AvgIpc) is 2.37. The Kier molecular flexibility index (Phi) is 5.92. The van der Waals surface area contributed by atoms with E-state index in [0.717, 1.165) is 10.2 Å². The zero-order chi connectivity index (χ0) is 13.5. The molecule has 1 N–H and O–H groups in total. The van der Waals surface area contributed by atoms with Crippen molar-refractivity contribution in [2.45, 2.75) is 19.9 Å². The molecule has 0 aliphatic carbocycles. The summed E-state index contributed by atoms with van der Waals surface area (Å²) in [5.74, 6) is -0.263. The molecule has 0 aliphatic heterocycles. The van der Waals surface area contributed by atoms with Gasteiger partial charge in [-0.3, -0.25) is 0 Å². The molecule has 0 spiro atoms. The lowest BCUT2D eigenvalue weighted by atomic mass is 10.0. The first-order valence-corrected chi connectivity index (χ1v) is 6.69. The summed E-state index contributed by atoms with van der Waals surface area (Å²) in [7, 11) is 0. The topological polar surface area (TPSA) is 38.3 Å². The van der Waals surface area contributed by atoms with Crippen molar-refractivity contribution in [3.05, 3.63) is 41.4 Å². The molecule has 4 heteroatoms. The molecule has 18 heavy (non-hydrogen) atoms. The summed E-state index contributed by atoms with van der Waals surface area (Å²) >= 11 is 3.37. The number of carbonyl (C=O) groups excluding carboxylic acids is 1. The summed E-state index contributed by atoms with van der Waals surface area (Å²) in [5, 5.41) is 3.17. The maximum Gasteiger partial charge on any atom is 0.329 e. The standard InChI is InChI=1S/C14H18BrNO2/c1-4-10(3)13(14(17)18-5-2)16-12-8-6-11(15)7-9-12/h4,6-10,13,16H,1,5H2,2-3H3/t10-,13+/m0/s1. The zero-order valence-electron chi connectivity index (χ0n) is 10.7. The van der Waals surface area contributed by atoms with Gasteiger partial charge in [-0.2, -0.15) is 0 Å². The van der Waals surface area contributed by atoms with Crippen LogP contribution in [0.5, 0.6) is 0 Å². The fourth-order valence-corrected chi connectivity index (χ4v) is 1.76. The predicted octanol–water partition coefficient (Wildman–Crippen LogP) is 3.61. The second kappa shape index (κ2) is 7.21. The van der Waals surface area contributed by atoms with Crippen LogP contribution in [-0.4, -0.2) is 18.6 Å². The van der Waals surface area contributed by atoms with Crippen LogP contribution in [-0.2, 0) is 9.53 Å². The predicted molar refractivity (Wildman–Crippen MR) is 77.5 cm³/mol. The van der Waals surface area contributed by atoms with E-state index >= 15 is 0 Å². The van der Waals surface area contributed by atoms with E-state index in [2.05, 4.69) is 27.8 Å². The van der Waals surface area contributed by atoms with Crippen LogP contribution in [0, 0.1) is 5.92 Å². The lowest BCUT2D eigenvalue weighted by molar-refractivity contribution is -0.144. The maximum absolute atomic E-state index is 11.9. The highest BCUT2D eigenvalue weighted by atomic mass is 79.9. The Bertz CT molecular complexity index is 403. The number of benzene rings is 1. The van der Waals surface area contributed by atoms with Crippen LogP contribution in [0.2, 0.25) is 0 Å². The molecule has 0 heterocycles. The molecule has 1 aromatic rings. The molecular weight excluding hydrogens is 294 g/mol. The minimum Gasteiger partial charge on any atom is -0.464 e. The molecule has 0 aromatic heterocycles. The number of carbonyl (C=O) groups is 1. The van der Waals surface area contributed by atoms with Crippen molar-refractivity contribution in [2.75, 3.05) is 11.9 Å². The molecule has 2 atom stereocenters. The molecule has 3 nitrogen and oxygen atoms in total. The van der Waals surface area contributed by atoms with Crippen LogP contribution in [0.15, 0.2) is 41.4 Å². The van der Waals surface area contributed by atoms with Crippen LogP contribution in [0.4, 0.5) is 5.69 Å². The van der Waals surface area contributed by atoms with Gasteiger partial charge in [-0.1, -0.05) is 28.9 Å². The van der Waals surface area contributed by atoms with Gasteiger partial charge in [0, 0.05) is 16.1 Å². The number of esters is 1. The Morgan fingerprint density at radius 1 is 1.50 bits per heavy atom. The van der Waals surface area contributed by atoms with E-state index in [1.165, 1.54) is 0 Å². The van der Waals surface area contributed by atoms with Gasteiger partial charge in [-0.25, -0.2) is 4.79 Å². The van der Waals surface area contributed by atoms with Gasteiger partial charge in [-0.15, -0.1) is 6.58 Å². The Labute approximate surface area is 116 Å².